The van der Waals surface area contributed by atoms with Crippen LogP contribution in [0.4, 0.5) is 0 Å². The van der Waals surface area contributed by atoms with Crippen molar-refractivity contribution < 1.29 is 44.6 Å². The number of hydrogen-bond acceptors (Lipinski definition) is 13. The summed E-state index contributed by atoms with van der Waals surface area (Å²) < 4.78 is 12.8. The van der Waals surface area contributed by atoms with E-state index in [-0.39, 0.29) is 26.3 Å². The quantitative estimate of drug-likeness (QED) is 0.168. The zero-order valence-electron chi connectivity index (χ0n) is 18.9. The van der Waals surface area contributed by atoms with Crippen molar-refractivity contribution >= 4 is 11.9 Å². The van der Waals surface area contributed by atoms with Gasteiger partial charge in [0.05, 0.1) is 58.0 Å². The third kappa shape index (κ3) is 7.01. The van der Waals surface area contributed by atoms with Crippen LogP contribution in [0.5, 0.6) is 0 Å². The Hall–Kier alpha value is -2.98. The van der Waals surface area contributed by atoms with E-state index in [0.717, 1.165) is 0 Å². The second-order valence-corrected chi connectivity index (χ2v) is 8.42. The lowest BCUT2D eigenvalue weighted by Gasteiger charge is -2.21. The Morgan fingerprint density at radius 2 is 1.18 bits per heavy atom. The molecule has 190 valence electrons. The Morgan fingerprint density at radius 3 is 1.50 bits per heavy atom. The van der Waals surface area contributed by atoms with Gasteiger partial charge in [0.25, 0.3) is 0 Å². The van der Waals surface area contributed by atoms with Crippen molar-refractivity contribution in [1.29, 1.82) is 0 Å². The number of esters is 2. The SMILES string of the molecule is CC(CO)(CO)C(=O)OCc1cn(CC(O)Cn2cc(COC(=O)C(C)(CO)CO)nn2)nn1. The zero-order valence-corrected chi connectivity index (χ0v) is 18.9. The summed E-state index contributed by atoms with van der Waals surface area (Å²) in [7, 11) is 0. The van der Waals surface area contributed by atoms with E-state index in [0.29, 0.717) is 11.4 Å². The molecule has 2 aromatic rings. The molecule has 15 heteroatoms. The molecular weight excluding hydrogens is 456 g/mol. The predicted molar refractivity (Wildman–Crippen MR) is 110 cm³/mol. The van der Waals surface area contributed by atoms with Gasteiger partial charge in [0.2, 0.25) is 0 Å². The number of aliphatic hydroxyl groups is 5. The molecule has 2 aromatic heterocycles. The highest BCUT2D eigenvalue weighted by atomic mass is 16.5. The topological polar surface area (TPSA) is 215 Å². The van der Waals surface area contributed by atoms with E-state index in [1.807, 2.05) is 0 Å². The number of nitrogens with zero attached hydrogens (tertiary/aromatic N) is 6. The molecule has 0 aromatic carbocycles. The number of rotatable bonds is 14. The number of aromatic nitrogens is 6. The molecule has 0 spiro atoms. The molecule has 5 N–H and O–H groups in total. The lowest BCUT2D eigenvalue weighted by Crippen LogP contribution is -2.36. The molecule has 0 amide bonds. The summed E-state index contributed by atoms with van der Waals surface area (Å²) in [5.74, 6) is -1.56. The Kier molecular flexibility index (Phi) is 9.57. The van der Waals surface area contributed by atoms with Gasteiger partial charge in [0.1, 0.15) is 35.4 Å². The monoisotopic (exact) mass is 486 g/mol. The van der Waals surface area contributed by atoms with Crippen LogP contribution in [-0.4, -0.2) is 100.0 Å². The van der Waals surface area contributed by atoms with Crippen LogP contribution >= 0.6 is 0 Å². The van der Waals surface area contributed by atoms with Gasteiger partial charge in [-0.1, -0.05) is 10.4 Å². The Balaban J connectivity index is 1.82. The van der Waals surface area contributed by atoms with Crippen molar-refractivity contribution in [2.45, 2.75) is 46.3 Å². The third-order valence-corrected chi connectivity index (χ3v) is 5.05. The summed E-state index contributed by atoms with van der Waals surface area (Å²) in [6, 6.07) is 0. The summed E-state index contributed by atoms with van der Waals surface area (Å²) in [6.07, 6.45) is 2.00. The van der Waals surface area contributed by atoms with Gasteiger partial charge in [-0.05, 0) is 13.8 Å². The molecule has 0 bridgehead atoms. The molecule has 0 saturated carbocycles. The Bertz CT molecular complexity index is 864. The van der Waals surface area contributed by atoms with Crippen LogP contribution in [0.25, 0.3) is 0 Å². The third-order valence-electron chi connectivity index (χ3n) is 5.05. The van der Waals surface area contributed by atoms with E-state index in [9.17, 15) is 35.1 Å². The smallest absolute Gasteiger partial charge is 0.316 e. The first-order valence-corrected chi connectivity index (χ1v) is 10.3. The molecular formula is C19H30N6O9. The predicted octanol–water partition coefficient (Wildman–Crippen LogP) is -3.00. The summed E-state index contributed by atoms with van der Waals surface area (Å²) >= 11 is 0. The maximum Gasteiger partial charge on any atom is 0.316 e. The van der Waals surface area contributed by atoms with Crippen LogP contribution in [0, 0.1) is 10.8 Å². The van der Waals surface area contributed by atoms with Gasteiger partial charge < -0.3 is 35.0 Å². The van der Waals surface area contributed by atoms with E-state index in [4.69, 9.17) is 9.47 Å². The fourth-order valence-corrected chi connectivity index (χ4v) is 2.46. The highest BCUT2D eigenvalue weighted by molar-refractivity contribution is 5.77. The van der Waals surface area contributed by atoms with Crippen LogP contribution in [0.1, 0.15) is 25.2 Å². The van der Waals surface area contributed by atoms with Crippen molar-refractivity contribution in [2.75, 3.05) is 26.4 Å². The average molecular weight is 486 g/mol. The lowest BCUT2D eigenvalue weighted by molar-refractivity contribution is -0.162. The van der Waals surface area contributed by atoms with Gasteiger partial charge in [-0.15, -0.1) is 10.2 Å². The van der Waals surface area contributed by atoms with Crippen LogP contribution in [0.2, 0.25) is 0 Å². The number of ether oxygens (including phenoxy) is 2. The van der Waals surface area contributed by atoms with Crippen molar-refractivity contribution in [3.8, 4) is 0 Å². The molecule has 0 atom stereocenters. The maximum absolute atomic E-state index is 12.0. The van der Waals surface area contributed by atoms with Crippen LogP contribution in [0.3, 0.4) is 0 Å². The standard InChI is InChI=1S/C19H30N6O9/c1-18(9-26,10-27)16(31)33-7-13-3-24(22-20-13)5-15(30)6-25-4-14(21-23-25)8-34-17(32)19(2,11-28)12-29/h3-4,15,26-30H,5-12H2,1-2H3. The van der Waals surface area contributed by atoms with Crippen LogP contribution < -0.4 is 0 Å². The van der Waals surface area contributed by atoms with Gasteiger partial charge in [0.15, 0.2) is 0 Å². The van der Waals surface area contributed by atoms with Crippen molar-refractivity contribution in [1.82, 2.24) is 30.0 Å². The molecule has 34 heavy (non-hydrogen) atoms. The molecule has 0 aliphatic heterocycles. The largest absolute Gasteiger partial charge is 0.458 e. The molecule has 0 unspecified atom stereocenters. The Labute approximate surface area is 194 Å². The summed E-state index contributed by atoms with van der Waals surface area (Å²) in [5.41, 5.74) is -2.22. The van der Waals surface area contributed by atoms with Crippen molar-refractivity contribution in [3.05, 3.63) is 23.8 Å². The first kappa shape index (κ1) is 27.3. The van der Waals surface area contributed by atoms with Gasteiger partial charge in [0, 0.05) is 0 Å². The number of carbonyl (C=O) groups is 2. The van der Waals surface area contributed by atoms with Crippen LogP contribution in [0.15, 0.2) is 12.4 Å². The van der Waals surface area contributed by atoms with Crippen molar-refractivity contribution in [2.24, 2.45) is 10.8 Å². The van der Waals surface area contributed by atoms with E-state index >= 15 is 0 Å². The average Bonchev–Trinajstić information content (AvgIpc) is 3.48. The minimum Gasteiger partial charge on any atom is -0.458 e. The molecule has 0 aliphatic rings. The Morgan fingerprint density at radius 1 is 0.824 bits per heavy atom. The highest BCUT2D eigenvalue weighted by Crippen LogP contribution is 2.18. The summed E-state index contributed by atoms with van der Waals surface area (Å²) in [6.45, 7) is 0.0888. The molecule has 0 saturated heterocycles. The zero-order chi connectivity index (χ0) is 25.4. The van der Waals surface area contributed by atoms with Gasteiger partial charge in [-0.3, -0.25) is 9.59 Å². The molecule has 15 nitrogen and oxygen atoms in total. The first-order chi connectivity index (χ1) is 16.1. The van der Waals surface area contributed by atoms with E-state index in [2.05, 4.69) is 20.6 Å². The van der Waals surface area contributed by atoms with E-state index in [1.54, 1.807) is 0 Å². The number of aliphatic hydroxyl groups excluding tert-OH is 5. The first-order valence-electron chi connectivity index (χ1n) is 10.3. The lowest BCUT2D eigenvalue weighted by atomic mass is 9.93. The fourth-order valence-electron chi connectivity index (χ4n) is 2.46. The maximum atomic E-state index is 12.0. The fraction of sp³-hybridized carbons (Fsp3) is 0.684. The van der Waals surface area contributed by atoms with Gasteiger partial charge in [-0.2, -0.15) is 0 Å². The highest BCUT2D eigenvalue weighted by Gasteiger charge is 2.34. The van der Waals surface area contributed by atoms with E-state index in [1.165, 1.54) is 35.6 Å². The van der Waals surface area contributed by atoms with E-state index < -0.39 is 55.3 Å². The number of carbonyl (C=O) groups excluding carboxylic acids is 2. The van der Waals surface area contributed by atoms with Gasteiger partial charge >= 0.3 is 11.9 Å². The summed E-state index contributed by atoms with van der Waals surface area (Å²) in [5, 5.41) is 62.5. The molecule has 0 radical (unpaired) electrons. The normalized spacial score (nSPS) is 12.2. The van der Waals surface area contributed by atoms with Crippen molar-refractivity contribution in [3.63, 3.8) is 0 Å². The molecule has 2 rings (SSSR count). The molecule has 2 heterocycles. The minimum absolute atomic E-state index is 0.0431. The second-order valence-electron chi connectivity index (χ2n) is 8.42. The minimum atomic E-state index is -1.42. The van der Waals surface area contributed by atoms with Gasteiger partial charge in [-0.25, -0.2) is 9.36 Å². The number of hydrogen-bond donors (Lipinski definition) is 5. The molecule has 0 aliphatic carbocycles. The second kappa shape index (κ2) is 11.9. The van der Waals surface area contributed by atoms with Crippen LogP contribution in [-0.2, 0) is 45.4 Å². The molecule has 0 fully saturated rings. The summed E-state index contributed by atoms with van der Waals surface area (Å²) in [4.78, 5) is 23.9.